The summed E-state index contributed by atoms with van der Waals surface area (Å²) in [7, 11) is 0. The molecule has 0 aromatic rings. The Morgan fingerprint density at radius 3 is 1.72 bits per heavy atom. The molecule has 0 spiro atoms. The lowest BCUT2D eigenvalue weighted by atomic mass is 10.0. The largest absolute Gasteiger partial charge is 0.463 e. The smallest absolute Gasteiger partial charge is 0.302 e. The maximum Gasteiger partial charge on any atom is 0.302 e. The first-order chi connectivity index (χ1) is 8.52. The summed E-state index contributed by atoms with van der Waals surface area (Å²) in [5.41, 5.74) is 0. The molecule has 108 valence electrons. The predicted molar refractivity (Wildman–Crippen MR) is 77.6 cm³/mol. The molecule has 0 aliphatic carbocycles. The van der Waals surface area contributed by atoms with Gasteiger partial charge in [0.2, 0.25) is 0 Å². The van der Waals surface area contributed by atoms with Crippen LogP contribution in [-0.4, -0.2) is 12.1 Å². The molecule has 0 amide bonds. The highest BCUT2D eigenvalue weighted by molar-refractivity contribution is 5.66. The molecule has 0 aliphatic rings. The zero-order chi connectivity index (χ0) is 13.8. The molecule has 0 aromatic carbocycles. The van der Waals surface area contributed by atoms with Crippen molar-refractivity contribution in [3.05, 3.63) is 0 Å². The van der Waals surface area contributed by atoms with E-state index >= 15 is 0 Å². The molecule has 0 fully saturated rings. The monoisotopic (exact) mass is 256 g/mol. The van der Waals surface area contributed by atoms with Gasteiger partial charge in [-0.15, -0.1) is 0 Å². The number of carbonyl (C=O) groups excluding carboxylic acids is 1. The van der Waals surface area contributed by atoms with Crippen molar-refractivity contribution in [3.63, 3.8) is 0 Å². The van der Waals surface area contributed by atoms with Crippen LogP contribution in [0.4, 0.5) is 0 Å². The summed E-state index contributed by atoms with van der Waals surface area (Å²) in [6.07, 6.45) is 11.8. The van der Waals surface area contributed by atoms with Crippen LogP contribution >= 0.6 is 0 Å². The van der Waals surface area contributed by atoms with Gasteiger partial charge in [0.15, 0.2) is 0 Å². The van der Waals surface area contributed by atoms with Gasteiger partial charge in [-0.3, -0.25) is 4.79 Å². The molecule has 0 aromatic heterocycles. The highest BCUT2D eigenvalue weighted by Gasteiger charge is 2.04. The van der Waals surface area contributed by atoms with Crippen molar-refractivity contribution < 1.29 is 9.53 Å². The van der Waals surface area contributed by atoms with Crippen LogP contribution in [0.15, 0.2) is 0 Å². The van der Waals surface area contributed by atoms with Gasteiger partial charge in [-0.2, -0.15) is 0 Å². The summed E-state index contributed by atoms with van der Waals surface area (Å²) in [5, 5.41) is 0. The third kappa shape index (κ3) is 13.5. The van der Waals surface area contributed by atoms with Crippen LogP contribution < -0.4 is 0 Å². The molecule has 0 bridgehead atoms. The normalized spacial score (nSPS) is 12.7. The third-order valence-corrected chi connectivity index (χ3v) is 3.26. The Morgan fingerprint density at radius 2 is 1.28 bits per heavy atom. The quantitative estimate of drug-likeness (QED) is 0.379. The van der Waals surface area contributed by atoms with E-state index < -0.39 is 0 Å². The number of hydrogen-bond acceptors (Lipinski definition) is 2. The Bertz CT molecular complexity index is 199. The first-order valence-electron chi connectivity index (χ1n) is 7.69. The van der Waals surface area contributed by atoms with Gasteiger partial charge in [0.1, 0.15) is 0 Å². The average Bonchev–Trinajstić information content (AvgIpc) is 2.25. The fraction of sp³-hybridized carbons (Fsp3) is 0.938. The topological polar surface area (TPSA) is 26.3 Å². The molecule has 0 saturated heterocycles. The van der Waals surface area contributed by atoms with Crippen molar-refractivity contribution in [2.24, 2.45) is 5.92 Å². The van der Waals surface area contributed by atoms with Crippen molar-refractivity contribution in [2.75, 3.05) is 0 Å². The number of rotatable bonds is 11. The maximum atomic E-state index is 10.7. The molecule has 0 rings (SSSR count). The summed E-state index contributed by atoms with van der Waals surface area (Å²) >= 11 is 0. The van der Waals surface area contributed by atoms with Crippen LogP contribution in [0.1, 0.15) is 85.5 Å². The van der Waals surface area contributed by atoms with Gasteiger partial charge in [0, 0.05) is 6.92 Å². The number of ether oxygens (including phenoxy) is 1. The minimum absolute atomic E-state index is 0.0912. The van der Waals surface area contributed by atoms with E-state index in [-0.39, 0.29) is 12.1 Å². The Morgan fingerprint density at radius 1 is 0.833 bits per heavy atom. The SMILES string of the molecule is CC(=O)OC(C)CCCCCCCCCC(C)C. The van der Waals surface area contributed by atoms with E-state index in [1.165, 1.54) is 58.3 Å². The summed E-state index contributed by atoms with van der Waals surface area (Å²) in [5.74, 6) is 0.695. The third-order valence-electron chi connectivity index (χ3n) is 3.26. The zero-order valence-electron chi connectivity index (χ0n) is 12.8. The van der Waals surface area contributed by atoms with Gasteiger partial charge in [-0.1, -0.05) is 58.8 Å². The molecule has 0 aliphatic heterocycles. The van der Waals surface area contributed by atoms with Crippen LogP contribution in [0.25, 0.3) is 0 Å². The van der Waals surface area contributed by atoms with Gasteiger partial charge in [-0.25, -0.2) is 0 Å². The Kier molecular flexibility index (Phi) is 11.2. The van der Waals surface area contributed by atoms with Crippen LogP contribution in [0, 0.1) is 5.92 Å². The van der Waals surface area contributed by atoms with E-state index in [9.17, 15) is 4.79 Å². The van der Waals surface area contributed by atoms with E-state index in [2.05, 4.69) is 13.8 Å². The van der Waals surface area contributed by atoms with E-state index in [0.717, 1.165) is 12.3 Å². The molecular weight excluding hydrogens is 224 g/mol. The van der Waals surface area contributed by atoms with Crippen molar-refractivity contribution in [2.45, 2.75) is 91.6 Å². The van der Waals surface area contributed by atoms with Gasteiger partial charge < -0.3 is 4.74 Å². The summed E-state index contributed by atoms with van der Waals surface area (Å²) in [6.45, 7) is 8.05. The van der Waals surface area contributed by atoms with E-state index in [1.54, 1.807) is 0 Å². The van der Waals surface area contributed by atoms with Crippen LogP contribution in [0.2, 0.25) is 0 Å². The highest BCUT2D eigenvalue weighted by Crippen LogP contribution is 2.13. The summed E-state index contributed by atoms with van der Waals surface area (Å²) in [6, 6.07) is 0. The minimum Gasteiger partial charge on any atom is -0.463 e. The lowest BCUT2D eigenvalue weighted by Crippen LogP contribution is -2.11. The van der Waals surface area contributed by atoms with Gasteiger partial charge in [0.25, 0.3) is 0 Å². The van der Waals surface area contributed by atoms with Crippen molar-refractivity contribution >= 4 is 5.97 Å². The first kappa shape index (κ1) is 17.5. The average molecular weight is 256 g/mol. The molecule has 0 heterocycles. The number of esters is 1. The lowest BCUT2D eigenvalue weighted by Gasteiger charge is -2.11. The highest BCUT2D eigenvalue weighted by atomic mass is 16.5. The first-order valence-corrected chi connectivity index (χ1v) is 7.69. The molecule has 2 nitrogen and oxygen atoms in total. The standard InChI is InChI=1S/C16H32O2/c1-14(2)12-10-8-6-5-7-9-11-13-15(3)18-16(4)17/h14-15H,5-13H2,1-4H3. The molecule has 0 radical (unpaired) electrons. The number of hydrogen-bond donors (Lipinski definition) is 0. The van der Waals surface area contributed by atoms with Gasteiger partial charge in [0.05, 0.1) is 6.10 Å². The predicted octanol–water partition coefficient (Wildman–Crippen LogP) is 5.10. The maximum absolute atomic E-state index is 10.7. The molecule has 18 heavy (non-hydrogen) atoms. The summed E-state index contributed by atoms with van der Waals surface area (Å²) in [4.78, 5) is 10.7. The second-order valence-electron chi connectivity index (χ2n) is 5.87. The zero-order valence-corrected chi connectivity index (χ0v) is 12.8. The Hall–Kier alpha value is -0.530. The van der Waals surface area contributed by atoms with E-state index in [1.807, 2.05) is 6.92 Å². The van der Waals surface area contributed by atoms with Crippen molar-refractivity contribution in [3.8, 4) is 0 Å². The van der Waals surface area contributed by atoms with Gasteiger partial charge >= 0.3 is 5.97 Å². The fourth-order valence-corrected chi connectivity index (χ4v) is 2.21. The van der Waals surface area contributed by atoms with Gasteiger partial charge in [-0.05, 0) is 25.7 Å². The second kappa shape index (κ2) is 11.6. The molecule has 0 N–H and O–H groups in total. The van der Waals surface area contributed by atoms with Crippen LogP contribution in [0.5, 0.6) is 0 Å². The number of unbranched alkanes of at least 4 members (excludes halogenated alkanes) is 6. The molecule has 2 heteroatoms. The molecule has 0 saturated carbocycles. The second-order valence-corrected chi connectivity index (χ2v) is 5.87. The molecule has 1 unspecified atom stereocenters. The van der Waals surface area contributed by atoms with Crippen molar-refractivity contribution in [1.82, 2.24) is 0 Å². The van der Waals surface area contributed by atoms with Crippen molar-refractivity contribution in [1.29, 1.82) is 0 Å². The fourth-order valence-electron chi connectivity index (χ4n) is 2.21. The number of carbonyl (C=O) groups is 1. The summed E-state index contributed by atoms with van der Waals surface area (Å²) < 4.78 is 5.09. The Labute approximate surface area is 113 Å². The lowest BCUT2D eigenvalue weighted by molar-refractivity contribution is -0.145. The Balaban J connectivity index is 3.14. The van der Waals surface area contributed by atoms with Crippen LogP contribution in [-0.2, 0) is 9.53 Å². The minimum atomic E-state index is -0.160. The van der Waals surface area contributed by atoms with E-state index in [4.69, 9.17) is 4.74 Å². The van der Waals surface area contributed by atoms with E-state index in [0.29, 0.717) is 0 Å². The molecular formula is C16H32O2. The molecule has 1 atom stereocenters. The van der Waals surface area contributed by atoms with Crippen LogP contribution in [0.3, 0.4) is 0 Å².